The van der Waals surface area contributed by atoms with E-state index in [0.29, 0.717) is 26.2 Å². The van der Waals surface area contributed by atoms with Crippen LogP contribution in [0.2, 0.25) is 0 Å². The van der Waals surface area contributed by atoms with Crippen LogP contribution in [0.15, 0.2) is 42.9 Å². The zero-order valence-electron chi connectivity index (χ0n) is 11.4. The largest absolute Gasteiger partial charge is 0.352 e. The molecule has 0 atom stereocenters. The number of nitrogens with zero attached hydrogens (tertiary/aromatic N) is 4. The molecule has 2 aromatic rings. The molecule has 0 saturated carbocycles. The van der Waals surface area contributed by atoms with Gasteiger partial charge in [-0.05, 0) is 12.1 Å². The number of piperazine rings is 1. The lowest BCUT2D eigenvalue weighted by Gasteiger charge is -2.35. The van der Waals surface area contributed by atoms with E-state index < -0.39 is 5.82 Å². The predicted molar refractivity (Wildman–Crippen MR) is 76.5 cm³/mol. The van der Waals surface area contributed by atoms with E-state index in [2.05, 4.69) is 14.9 Å². The zero-order chi connectivity index (χ0) is 14.7. The van der Waals surface area contributed by atoms with Gasteiger partial charge in [0.1, 0.15) is 11.6 Å². The molecule has 0 N–H and O–H groups in total. The van der Waals surface area contributed by atoms with Crippen molar-refractivity contribution in [2.45, 2.75) is 0 Å². The Morgan fingerprint density at radius 2 is 1.86 bits per heavy atom. The highest BCUT2D eigenvalue weighted by Gasteiger charge is 2.24. The number of aromatic nitrogens is 2. The second-order valence-corrected chi connectivity index (χ2v) is 4.82. The summed E-state index contributed by atoms with van der Waals surface area (Å²) in [5.41, 5.74) is 0.130. The average Bonchev–Trinajstić information content (AvgIpc) is 2.56. The van der Waals surface area contributed by atoms with Crippen molar-refractivity contribution in [3.8, 4) is 0 Å². The van der Waals surface area contributed by atoms with Gasteiger partial charge in [-0.2, -0.15) is 0 Å². The molecule has 1 aliphatic heterocycles. The number of hydrogen-bond donors (Lipinski definition) is 0. The van der Waals surface area contributed by atoms with E-state index in [4.69, 9.17) is 0 Å². The smallest absolute Gasteiger partial charge is 0.256 e. The summed E-state index contributed by atoms with van der Waals surface area (Å²) in [5, 5.41) is 0. The number of halogens is 1. The van der Waals surface area contributed by atoms with E-state index in [1.807, 2.05) is 0 Å². The summed E-state index contributed by atoms with van der Waals surface area (Å²) < 4.78 is 13.7. The fraction of sp³-hybridized carbons (Fsp3) is 0.267. The maximum atomic E-state index is 13.7. The first kappa shape index (κ1) is 13.5. The van der Waals surface area contributed by atoms with Crippen LogP contribution >= 0.6 is 0 Å². The lowest BCUT2D eigenvalue weighted by molar-refractivity contribution is 0.0742. The second kappa shape index (κ2) is 5.87. The van der Waals surface area contributed by atoms with E-state index in [-0.39, 0.29) is 11.5 Å². The Labute approximate surface area is 122 Å². The molecule has 1 saturated heterocycles. The molecule has 3 rings (SSSR count). The molecule has 0 unspecified atom stereocenters. The Balaban J connectivity index is 1.66. The summed E-state index contributed by atoms with van der Waals surface area (Å²) in [6, 6.07) is 6.08. The minimum Gasteiger partial charge on any atom is -0.352 e. The second-order valence-electron chi connectivity index (χ2n) is 4.82. The first-order valence-corrected chi connectivity index (χ1v) is 6.80. The van der Waals surface area contributed by atoms with Gasteiger partial charge in [0.05, 0.1) is 11.8 Å². The molecule has 5 nitrogen and oxygen atoms in total. The Morgan fingerprint density at radius 1 is 1.10 bits per heavy atom. The summed E-state index contributed by atoms with van der Waals surface area (Å²) in [4.78, 5) is 24.3. The van der Waals surface area contributed by atoms with Gasteiger partial charge in [0.2, 0.25) is 0 Å². The highest BCUT2D eigenvalue weighted by Crippen LogP contribution is 2.15. The van der Waals surface area contributed by atoms with E-state index in [1.54, 1.807) is 35.6 Å². The lowest BCUT2D eigenvalue weighted by atomic mass is 10.1. The highest BCUT2D eigenvalue weighted by molar-refractivity contribution is 5.94. The predicted octanol–water partition coefficient (Wildman–Crippen LogP) is 1.58. The van der Waals surface area contributed by atoms with Crippen LogP contribution in [0.4, 0.5) is 10.2 Å². The summed E-state index contributed by atoms with van der Waals surface area (Å²) in [5.74, 6) is 0.0706. The molecular weight excluding hydrogens is 271 g/mol. The van der Waals surface area contributed by atoms with Crippen LogP contribution in [0, 0.1) is 5.82 Å². The molecular formula is C15H15FN4O. The molecule has 0 aliphatic carbocycles. The maximum absolute atomic E-state index is 13.7. The van der Waals surface area contributed by atoms with Crippen molar-refractivity contribution in [1.82, 2.24) is 14.9 Å². The van der Waals surface area contributed by atoms with Crippen molar-refractivity contribution >= 4 is 11.7 Å². The topological polar surface area (TPSA) is 49.3 Å². The fourth-order valence-electron chi connectivity index (χ4n) is 2.40. The number of anilines is 1. The van der Waals surface area contributed by atoms with Gasteiger partial charge >= 0.3 is 0 Å². The minimum absolute atomic E-state index is 0.130. The monoisotopic (exact) mass is 286 g/mol. The molecule has 0 radical (unpaired) electrons. The van der Waals surface area contributed by atoms with Gasteiger partial charge in [-0.3, -0.25) is 9.78 Å². The van der Waals surface area contributed by atoms with Crippen LogP contribution in [0.25, 0.3) is 0 Å². The van der Waals surface area contributed by atoms with Crippen LogP contribution in [0.1, 0.15) is 10.4 Å². The van der Waals surface area contributed by atoms with E-state index in [9.17, 15) is 9.18 Å². The van der Waals surface area contributed by atoms with Gasteiger partial charge < -0.3 is 9.80 Å². The Hall–Kier alpha value is -2.50. The number of carbonyl (C=O) groups is 1. The molecule has 0 spiro atoms. The molecule has 1 aliphatic rings. The third kappa shape index (κ3) is 2.84. The summed E-state index contributed by atoms with van der Waals surface area (Å²) in [6.45, 7) is 2.42. The molecule has 108 valence electrons. The number of amides is 1. The quantitative estimate of drug-likeness (QED) is 0.841. The average molecular weight is 286 g/mol. The summed E-state index contributed by atoms with van der Waals surface area (Å²) in [6.07, 6.45) is 4.97. The number of hydrogen-bond acceptors (Lipinski definition) is 4. The van der Waals surface area contributed by atoms with Gasteiger partial charge in [0.25, 0.3) is 5.91 Å². The zero-order valence-corrected chi connectivity index (χ0v) is 11.4. The molecule has 1 aromatic heterocycles. The van der Waals surface area contributed by atoms with E-state index >= 15 is 0 Å². The van der Waals surface area contributed by atoms with Gasteiger partial charge in [-0.1, -0.05) is 12.1 Å². The van der Waals surface area contributed by atoms with Crippen molar-refractivity contribution < 1.29 is 9.18 Å². The van der Waals surface area contributed by atoms with Gasteiger partial charge in [0, 0.05) is 38.6 Å². The van der Waals surface area contributed by atoms with Crippen LogP contribution < -0.4 is 4.90 Å². The van der Waals surface area contributed by atoms with E-state index in [1.165, 1.54) is 12.1 Å². The molecule has 0 bridgehead atoms. The van der Waals surface area contributed by atoms with Crippen molar-refractivity contribution in [1.29, 1.82) is 0 Å². The first-order chi connectivity index (χ1) is 10.3. The van der Waals surface area contributed by atoms with Gasteiger partial charge in [-0.25, -0.2) is 9.37 Å². The molecule has 21 heavy (non-hydrogen) atoms. The Kier molecular flexibility index (Phi) is 3.77. The van der Waals surface area contributed by atoms with Crippen LogP contribution in [-0.2, 0) is 0 Å². The van der Waals surface area contributed by atoms with Crippen LogP contribution in [-0.4, -0.2) is 47.0 Å². The number of rotatable bonds is 2. The van der Waals surface area contributed by atoms with Crippen molar-refractivity contribution in [3.63, 3.8) is 0 Å². The summed E-state index contributed by atoms with van der Waals surface area (Å²) in [7, 11) is 0. The van der Waals surface area contributed by atoms with Crippen molar-refractivity contribution in [2.24, 2.45) is 0 Å². The number of benzene rings is 1. The SMILES string of the molecule is O=C(c1ccccc1F)N1CCN(c2cnccn2)CC1. The highest BCUT2D eigenvalue weighted by atomic mass is 19.1. The maximum Gasteiger partial charge on any atom is 0.256 e. The molecule has 6 heteroatoms. The molecule has 1 amide bonds. The fourth-order valence-corrected chi connectivity index (χ4v) is 2.40. The standard InChI is InChI=1S/C15H15FN4O/c16-13-4-2-1-3-12(13)15(21)20-9-7-19(8-10-20)14-11-17-5-6-18-14/h1-6,11H,7-10H2. The van der Waals surface area contributed by atoms with Crippen LogP contribution in [0.5, 0.6) is 0 Å². The third-order valence-electron chi connectivity index (χ3n) is 3.54. The molecule has 1 fully saturated rings. The van der Waals surface area contributed by atoms with Gasteiger partial charge in [-0.15, -0.1) is 0 Å². The van der Waals surface area contributed by atoms with E-state index in [0.717, 1.165) is 5.82 Å². The lowest BCUT2D eigenvalue weighted by Crippen LogP contribution is -2.49. The molecule has 2 heterocycles. The van der Waals surface area contributed by atoms with Gasteiger partial charge in [0.15, 0.2) is 0 Å². The van der Waals surface area contributed by atoms with Crippen LogP contribution in [0.3, 0.4) is 0 Å². The number of carbonyl (C=O) groups excluding carboxylic acids is 1. The Bertz CT molecular complexity index is 627. The normalized spacial score (nSPS) is 15.1. The first-order valence-electron chi connectivity index (χ1n) is 6.80. The van der Waals surface area contributed by atoms with Crippen molar-refractivity contribution in [2.75, 3.05) is 31.1 Å². The molecule has 1 aromatic carbocycles. The third-order valence-corrected chi connectivity index (χ3v) is 3.54. The van der Waals surface area contributed by atoms with Crippen molar-refractivity contribution in [3.05, 3.63) is 54.2 Å². The minimum atomic E-state index is -0.473. The Morgan fingerprint density at radius 3 is 2.52 bits per heavy atom. The summed E-state index contributed by atoms with van der Waals surface area (Å²) >= 11 is 0.